The largest absolute Gasteiger partial charge is 0.280 e. The molecule has 0 unspecified atom stereocenters. The second kappa shape index (κ2) is 5.46. The van der Waals surface area contributed by atoms with Gasteiger partial charge in [0, 0.05) is 18.6 Å². The number of nitrogens with one attached hydrogen (secondary N) is 1. The van der Waals surface area contributed by atoms with Crippen molar-refractivity contribution in [2.24, 2.45) is 7.05 Å². The summed E-state index contributed by atoms with van der Waals surface area (Å²) < 4.78 is 29.0. The number of aromatic nitrogens is 2. The Morgan fingerprint density at radius 1 is 1.25 bits per heavy atom. The minimum Gasteiger partial charge on any atom is -0.280 e. The Morgan fingerprint density at radius 2 is 1.85 bits per heavy atom. The summed E-state index contributed by atoms with van der Waals surface area (Å²) in [7, 11) is -1.92. The molecule has 0 fully saturated rings. The first-order chi connectivity index (χ1) is 9.35. The topological polar surface area (TPSA) is 64.0 Å². The molecule has 0 amide bonds. The van der Waals surface area contributed by atoms with Gasteiger partial charge in [0.15, 0.2) is 0 Å². The maximum absolute atomic E-state index is 12.4. The van der Waals surface area contributed by atoms with Crippen LogP contribution in [0.2, 0.25) is 0 Å². The van der Waals surface area contributed by atoms with Crippen LogP contribution in [0.25, 0.3) is 0 Å². The second-order valence-electron chi connectivity index (χ2n) is 4.56. The molecule has 0 bridgehead atoms. The van der Waals surface area contributed by atoms with Gasteiger partial charge in [-0.15, -0.1) is 11.6 Å². The zero-order valence-corrected chi connectivity index (χ0v) is 13.1. The van der Waals surface area contributed by atoms with E-state index in [2.05, 4.69) is 9.82 Å². The minimum absolute atomic E-state index is 0.224. The maximum Gasteiger partial charge on any atom is 0.265 e. The van der Waals surface area contributed by atoms with Crippen molar-refractivity contribution in [3.8, 4) is 0 Å². The fraction of sp³-hybridized carbons (Fsp3) is 0.308. The predicted octanol–water partition coefficient (Wildman–Crippen LogP) is 2.58. The molecule has 0 atom stereocenters. The van der Waals surface area contributed by atoms with Crippen molar-refractivity contribution in [2.45, 2.75) is 24.6 Å². The molecular formula is C13H16ClN3O2S. The van der Waals surface area contributed by atoms with Crippen molar-refractivity contribution in [2.75, 3.05) is 4.72 Å². The van der Waals surface area contributed by atoms with Crippen molar-refractivity contribution in [1.29, 1.82) is 0 Å². The van der Waals surface area contributed by atoms with E-state index in [1.165, 1.54) is 0 Å². The second-order valence-corrected chi connectivity index (χ2v) is 6.45. The van der Waals surface area contributed by atoms with Crippen LogP contribution in [0.1, 0.15) is 17.0 Å². The van der Waals surface area contributed by atoms with E-state index < -0.39 is 10.0 Å². The van der Waals surface area contributed by atoms with Gasteiger partial charge in [0.05, 0.1) is 11.4 Å². The maximum atomic E-state index is 12.4. The molecule has 0 saturated carbocycles. The molecular weight excluding hydrogens is 298 g/mol. The Morgan fingerprint density at radius 3 is 2.30 bits per heavy atom. The van der Waals surface area contributed by atoms with Crippen LogP contribution in [0.5, 0.6) is 0 Å². The highest BCUT2D eigenvalue weighted by Gasteiger charge is 2.23. The van der Waals surface area contributed by atoms with Gasteiger partial charge in [0.1, 0.15) is 4.90 Å². The van der Waals surface area contributed by atoms with Gasteiger partial charge in [-0.05, 0) is 31.5 Å². The monoisotopic (exact) mass is 313 g/mol. The quantitative estimate of drug-likeness (QED) is 0.882. The Bertz CT molecular complexity index is 721. The smallest absolute Gasteiger partial charge is 0.265 e. The molecule has 1 heterocycles. The lowest BCUT2D eigenvalue weighted by Crippen LogP contribution is -2.14. The van der Waals surface area contributed by atoms with Gasteiger partial charge in [-0.25, -0.2) is 8.42 Å². The molecule has 2 rings (SSSR count). The molecule has 0 saturated heterocycles. The minimum atomic E-state index is -3.64. The standard InChI is InChI=1S/C13H16ClN3O2S/c1-9-13(10(2)17(3)15-9)20(18,19)16-12-6-4-11(8-14)5-7-12/h4-7,16H,8H2,1-3H3. The Hall–Kier alpha value is -1.53. The fourth-order valence-corrected chi connectivity index (χ4v) is 3.69. The molecule has 0 spiro atoms. The van der Waals surface area contributed by atoms with Crippen LogP contribution in [0.15, 0.2) is 29.2 Å². The van der Waals surface area contributed by atoms with E-state index >= 15 is 0 Å². The van der Waals surface area contributed by atoms with Crippen LogP contribution in [0.3, 0.4) is 0 Å². The summed E-state index contributed by atoms with van der Waals surface area (Å²) in [6, 6.07) is 6.95. The number of hydrogen-bond acceptors (Lipinski definition) is 3. The summed E-state index contributed by atoms with van der Waals surface area (Å²) in [5, 5.41) is 4.13. The number of rotatable bonds is 4. The van der Waals surface area contributed by atoms with Crippen LogP contribution in [-0.2, 0) is 23.0 Å². The molecule has 1 aromatic carbocycles. The number of halogens is 1. The molecule has 20 heavy (non-hydrogen) atoms. The number of anilines is 1. The van der Waals surface area contributed by atoms with Gasteiger partial charge in [-0.2, -0.15) is 5.10 Å². The number of nitrogens with zero attached hydrogens (tertiary/aromatic N) is 2. The molecule has 0 aliphatic rings. The van der Waals surface area contributed by atoms with Crippen molar-refractivity contribution < 1.29 is 8.42 Å². The van der Waals surface area contributed by atoms with E-state index in [1.54, 1.807) is 49.8 Å². The van der Waals surface area contributed by atoms with E-state index in [1.807, 2.05) is 0 Å². The summed E-state index contributed by atoms with van der Waals surface area (Å²) in [6.45, 7) is 3.41. The molecule has 108 valence electrons. The zero-order valence-electron chi connectivity index (χ0n) is 11.5. The third-order valence-electron chi connectivity index (χ3n) is 3.07. The molecule has 5 nitrogen and oxygen atoms in total. The lowest BCUT2D eigenvalue weighted by molar-refractivity contribution is 0.599. The van der Waals surface area contributed by atoms with Gasteiger partial charge in [0.2, 0.25) is 0 Å². The molecule has 1 aromatic heterocycles. The molecule has 0 aliphatic heterocycles. The number of alkyl halides is 1. The van der Waals surface area contributed by atoms with E-state index in [0.717, 1.165) is 5.56 Å². The summed E-state index contributed by atoms with van der Waals surface area (Å²) in [4.78, 5) is 0.224. The summed E-state index contributed by atoms with van der Waals surface area (Å²) >= 11 is 5.70. The zero-order chi connectivity index (χ0) is 14.9. The first-order valence-corrected chi connectivity index (χ1v) is 8.05. The van der Waals surface area contributed by atoms with E-state index in [4.69, 9.17) is 11.6 Å². The van der Waals surface area contributed by atoms with Gasteiger partial charge < -0.3 is 0 Å². The van der Waals surface area contributed by atoms with E-state index in [0.29, 0.717) is 23.0 Å². The third-order valence-corrected chi connectivity index (χ3v) is 5.01. The van der Waals surface area contributed by atoms with Crippen LogP contribution < -0.4 is 4.72 Å². The Labute approximate surface area is 123 Å². The van der Waals surface area contributed by atoms with E-state index in [-0.39, 0.29) is 4.90 Å². The predicted molar refractivity (Wildman–Crippen MR) is 79.5 cm³/mol. The summed E-state index contributed by atoms with van der Waals surface area (Å²) in [5.74, 6) is 0.397. The number of sulfonamides is 1. The molecule has 0 radical (unpaired) electrons. The van der Waals surface area contributed by atoms with Crippen LogP contribution >= 0.6 is 11.6 Å². The van der Waals surface area contributed by atoms with Crippen LogP contribution in [0, 0.1) is 13.8 Å². The van der Waals surface area contributed by atoms with Crippen LogP contribution in [0.4, 0.5) is 5.69 Å². The summed E-state index contributed by atoms with van der Waals surface area (Å²) in [5.41, 5.74) is 2.52. The fourth-order valence-electron chi connectivity index (χ4n) is 2.01. The van der Waals surface area contributed by atoms with Crippen molar-refractivity contribution in [3.63, 3.8) is 0 Å². The first kappa shape index (κ1) is 14.9. The highest BCUT2D eigenvalue weighted by Crippen LogP contribution is 2.22. The average molecular weight is 314 g/mol. The lowest BCUT2D eigenvalue weighted by atomic mass is 10.2. The average Bonchev–Trinajstić information content (AvgIpc) is 2.64. The van der Waals surface area contributed by atoms with Crippen LogP contribution in [-0.4, -0.2) is 18.2 Å². The van der Waals surface area contributed by atoms with Crippen molar-refractivity contribution >= 4 is 27.3 Å². The molecule has 1 N–H and O–H groups in total. The Kier molecular flexibility index (Phi) is 4.06. The lowest BCUT2D eigenvalue weighted by Gasteiger charge is -2.09. The number of benzene rings is 1. The van der Waals surface area contributed by atoms with E-state index in [9.17, 15) is 8.42 Å². The SMILES string of the molecule is Cc1nn(C)c(C)c1S(=O)(=O)Nc1ccc(CCl)cc1. The van der Waals surface area contributed by atoms with Gasteiger partial charge >= 0.3 is 0 Å². The number of aryl methyl sites for hydroxylation is 2. The number of hydrogen-bond donors (Lipinski definition) is 1. The molecule has 7 heteroatoms. The highest BCUT2D eigenvalue weighted by molar-refractivity contribution is 7.92. The Balaban J connectivity index is 2.35. The highest BCUT2D eigenvalue weighted by atomic mass is 35.5. The first-order valence-electron chi connectivity index (χ1n) is 6.03. The summed E-state index contributed by atoms with van der Waals surface area (Å²) in [6.07, 6.45) is 0. The third kappa shape index (κ3) is 2.81. The van der Waals surface area contributed by atoms with Gasteiger partial charge in [-0.1, -0.05) is 12.1 Å². The normalized spacial score (nSPS) is 11.6. The van der Waals surface area contributed by atoms with Crippen molar-refractivity contribution in [1.82, 2.24) is 9.78 Å². The molecule has 2 aromatic rings. The van der Waals surface area contributed by atoms with Gasteiger partial charge in [0.25, 0.3) is 10.0 Å². The van der Waals surface area contributed by atoms with Gasteiger partial charge in [-0.3, -0.25) is 9.40 Å². The van der Waals surface area contributed by atoms with Crippen molar-refractivity contribution in [3.05, 3.63) is 41.2 Å². The molecule has 0 aliphatic carbocycles.